The predicted octanol–water partition coefficient (Wildman–Crippen LogP) is 5.41. The van der Waals surface area contributed by atoms with Gasteiger partial charge in [0, 0.05) is 16.9 Å². The highest BCUT2D eigenvalue weighted by atomic mass is 79.9. The van der Waals surface area contributed by atoms with Crippen molar-refractivity contribution in [1.82, 2.24) is 10.3 Å². The van der Waals surface area contributed by atoms with E-state index in [-0.39, 0.29) is 21.7 Å². The van der Waals surface area contributed by atoms with E-state index in [0.717, 1.165) is 29.5 Å². The molecule has 0 spiro atoms. The summed E-state index contributed by atoms with van der Waals surface area (Å²) in [5, 5.41) is 3.32. The van der Waals surface area contributed by atoms with E-state index in [2.05, 4.69) is 38.4 Å². The van der Waals surface area contributed by atoms with E-state index in [1.165, 1.54) is 32.1 Å². The summed E-state index contributed by atoms with van der Waals surface area (Å²) in [7, 11) is 0. The molecule has 1 N–H and O–H groups in total. The van der Waals surface area contributed by atoms with Crippen LogP contribution in [0.4, 0.5) is 0 Å². The largest absolute Gasteiger partial charge is 0.344 e. The average Bonchev–Trinajstić information content (AvgIpc) is 2.65. The molecule has 4 fully saturated rings. The smallest absolute Gasteiger partial charge is 0.221 e. The molecule has 2 aromatic rings. The van der Waals surface area contributed by atoms with Crippen LogP contribution in [0, 0.1) is 17.3 Å². The molecule has 0 unspecified atom stereocenters. The quantitative estimate of drug-likeness (QED) is 0.633. The third-order valence-corrected chi connectivity index (χ3v) is 8.00. The highest BCUT2D eigenvalue weighted by Gasteiger charge is 2.57. The molecule has 4 aliphatic carbocycles. The summed E-state index contributed by atoms with van der Waals surface area (Å²) < 4.78 is 0.289. The molecule has 28 heavy (non-hydrogen) atoms. The van der Waals surface area contributed by atoms with Gasteiger partial charge in [0.15, 0.2) is 0 Å². The van der Waals surface area contributed by atoms with Crippen LogP contribution < -0.4 is 5.32 Å². The van der Waals surface area contributed by atoms with Crippen molar-refractivity contribution < 1.29 is 4.79 Å². The molecule has 1 aromatic heterocycles. The second kappa shape index (κ2) is 6.98. The molecule has 6 rings (SSSR count). The maximum Gasteiger partial charge on any atom is 0.221 e. The van der Waals surface area contributed by atoms with Gasteiger partial charge in [-0.25, -0.2) is 0 Å². The molecule has 4 saturated carbocycles. The first-order valence-electron chi connectivity index (χ1n) is 10.5. The Kier molecular flexibility index (Phi) is 4.58. The van der Waals surface area contributed by atoms with Crippen molar-refractivity contribution in [2.75, 3.05) is 0 Å². The molecule has 0 aliphatic heterocycles. The number of rotatable bonds is 5. The molecule has 4 aliphatic rings. The van der Waals surface area contributed by atoms with Gasteiger partial charge < -0.3 is 5.32 Å². The van der Waals surface area contributed by atoms with Gasteiger partial charge >= 0.3 is 0 Å². The average molecular weight is 439 g/mol. The molecule has 1 amide bonds. The van der Waals surface area contributed by atoms with Crippen molar-refractivity contribution in [3.8, 4) is 0 Å². The van der Waals surface area contributed by atoms with Crippen molar-refractivity contribution in [2.24, 2.45) is 17.3 Å². The fourth-order valence-electron chi connectivity index (χ4n) is 6.62. The van der Waals surface area contributed by atoms with Crippen LogP contribution in [0.3, 0.4) is 0 Å². The van der Waals surface area contributed by atoms with Gasteiger partial charge in [0.25, 0.3) is 0 Å². The van der Waals surface area contributed by atoms with E-state index < -0.39 is 0 Å². The molecule has 146 valence electrons. The van der Waals surface area contributed by atoms with Gasteiger partial charge in [-0.1, -0.05) is 52.3 Å². The molecule has 4 heteroatoms. The van der Waals surface area contributed by atoms with Gasteiger partial charge in [0.2, 0.25) is 5.91 Å². The van der Waals surface area contributed by atoms with E-state index in [9.17, 15) is 4.79 Å². The van der Waals surface area contributed by atoms with E-state index in [1.807, 2.05) is 36.4 Å². The number of benzene rings is 1. The van der Waals surface area contributed by atoms with Gasteiger partial charge in [-0.05, 0) is 73.5 Å². The van der Waals surface area contributed by atoms with Crippen LogP contribution in [-0.4, -0.2) is 15.2 Å². The summed E-state index contributed by atoms with van der Waals surface area (Å²) >= 11 is 4.07. The van der Waals surface area contributed by atoms with Crippen molar-refractivity contribution in [2.45, 2.75) is 55.3 Å². The number of carbonyl (C=O) groups excluding carboxylic acids is 1. The Balaban J connectivity index is 1.36. The van der Waals surface area contributed by atoms with Gasteiger partial charge in [-0.2, -0.15) is 0 Å². The molecule has 0 radical (unpaired) electrons. The van der Waals surface area contributed by atoms with Crippen LogP contribution in [0.1, 0.15) is 62.2 Å². The Morgan fingerprint density at radius 2 is 1.79 bits per heavy atom. The summed E-state index contributed by atoms with van der Waals surface area (Å²) in [6.07, 6.45) is 10.0. The van der Waals surface area contributed by atoms with Crippen LogP contribution in [0.2, 0.25) is 0 Å². The predicted molar refractivity (Wildman–Crippen MR) is 114 cm³/mol. The third-order valence-electron chi connectivity index (χ3n) is 7.07. The van der Waals surface area contributed by atoms with Crippen LogP contribution in [0.5, 0.6) is 0 Å². The Hall–Kier alpha value is -1.68. The Morgan fingerprint density at radius 1 is 1.07 bits per heavy atom. The number of nitrogens with zero attached hydrogens (tertiary/aromatic N) is 1. The monoisotopic (exact) mass is 438 g/mol. The number of carbonyl (C=O) groups is 1. The number of alkyl halides is 1. The number of hydrogen-bond donors (Lipinski definition) is 1. The Morgan fingerprint density at radius 3 is 2.43 bits per heavy atom. The second-order valence-corrected chi connectivity index (χ2v) is 11.1. The van der Waals surface area contributed by atoms with Crippen LogP contribution in [-0.2, 0) is 4.79 Å². The standard InChI is InChI=1S/C24H27BrN2O/c25-24-13-17-10-18(14-24)12-23(11-17,16-24)15-21(28)27-22(19-6-2-1-3-7-19)20-8-4-5-9-26-20/h1-9,17-18,22H,10-16H2,(H,27,28)/t17-,18-,22-,23?,24?/m1/s1. The topological polar surface area (TPSA) is 42.0 Å². The molecule has 1 aromatic carbocycles. The SMILES string of the molecule is O=C(CC12C[C@H]3C[C@@H](CC(Br)(C3)C1)C2)N[C@H](c1ccccc1)c1ccccn1. The maximum absolute atomic E-state index is 13.2. The molecule has 0 saturated heterocycles. The molecular weight excluding hydrogens is 412 g/mol. The molecule has 3 nitrogen and oxygen atoms in total. The normalized spacial score (nSPS) is 34.2. The molecule has 3 atom stereocenters. The minimum atomic E-state index is -0.193. The lowest BCUT2D eigenvalue weighted by Gasteiger charge is -2.60. The van der Waals surface area contributed by atoms with E-state index in [0.29, 0.717) is 6.42 Å². The summed E-state index contributed by atoms with van der Waals surface area (Å²) in [4.78, 5) is 17.8. The van der Waals surface area contributed by atoms with Gasteiger partial charge in [0.1, 0.15) is 0 Å². The molecule has 4 bridgehead atoms. The van der Waals surface area contributed by atoms with Crippen LogP contribution in [0.15, 0.2) is 54.7 Å². The van der Waals surface area contributed by atoms with Gasteiger partial charge in [-0.3, -0.25) is 9.78 Å². The number of pyridine rings is 1. The Labute approximate surface area is 175 Å². The molecular formula is C24H27BrN2O. The minimum Gasteiger partial charge on any atom is -0.344 e. The van der Waals surface area contributed by atoms with E-state index in [1.54, 1.807) is 6.20 Å². The first kappa shape index (κ1) is 18.4. The highest BCUT2D eigenvalue weighted by molar-refractivity contribution is 9.10. The molecule has 1 heterocycles. The van der Waals surface area contributed by atoms with E-state index >= 15 is 0 Å². The fraction of sp³-hybridized carbons (Fsp3) is 0.500. The van der Waals surface area contributed by atoms with Crippen molar-refractivity contribution in [3.63, 3.8) is 0 Å². The van der Waals surface area contributed by atoms with Crippen molar-refractivity contribution in [1.29, 1.82) is 0 Å². The summed E-state index contributed by atoms with van der Waals surface area (Å²) in [5.41, 5.74) is 2.16. The fourth-order valence-corrected chi connectivity index (χ4v) is 8.13. The minimum absolute atomic E-state index is 0.164. The zero-order chi connectivity index (χ0) is 19.2. The first-order chi connectivity index (χ1) is 13.5. The lowest BCUT2D eigenvalue weighted by molar-refractivity contribution is -0.128. The zero-order valence-electron chi connectivity index (χ0n) is 16.1. The lowest BCUT2D eigenvalue weighted by Crippen LogP contribution is -2.54. The number of nitrogens with one attached hydrogen (secondary N) is 1. The van der Waals surface area contributed by atoms with Gasteiger partial charge in [0.05, 0.1) is 11.7 Å². The zero-order valence-corrected chi connectivity index (χ0v) is 17.7. The number of hydrogen-bond acceptors (Lipinski definition) is 2. The first-order valence-corrected chi connectivity index (χ1v) is 11.3. The summed E-state index contributed by atoms with van der Waals surface area (Å²) in [6.45, 7) is 0. The van der Waals surface area contributed by atoms with E-state index in [4.69, 9.17) is 0 Å². The van der Waals surface area contributed by atoms with Gasteiger partial charge in [-0.15, -0.1) is 0 Å². The van der Waals surface area contributed by atoms with Crippen LogP contribution >= 0.6 is 15.9 Å². The third kappa shape index (κ3) is 3.52. The van der Waals surface area contributed by atoms with Crippen molar-refractivity contribution in [3.05, 3.63) is 66.0 Å². The summed E-state index contributed by atoms with van der Waals surface area (Å²) in [6, 6.07) is 15.9. The number of amides is 1. The maximum atomic E-state index is 13.2. The second-order valence-electron chi connectivity index (χ2n) is 9.45. The highest BCUT2D eigenvalue weighted by Crippen LogP contribution is 2.65. The van der Waals surface area contributed by atoms with Crippen molar-refractivity contribution >= 4 is 21.8 Å². The lowest BCUT2D eigenvalue weighted by atomic mass is 9.48. The Bertz CT molecular complexity index is 800. The number of halogens is 1. The summed E-state index contributed by atoms with van der Waals surface area (Å²) in [5.74, 6) is 1.76. The van der Waals surface area contributed by atoms with Crippen LogP contribution in [0.25, 0.3) is 0 Å². The number of aromatic nitrogens is 1.